The van der Waals surface area contributed by atoms with Gasteiger partial charge in [0.1, 0.15) is 0 Å². The van der Waals surface area contributed by atoms with Crippen LogP contribution in [0.1, 0.15) is 21.5 Å². The molecule has 2 rings (SSSR count). The van der Waals surface area contributed by atoms with E-state index in [2.05, 4.69) is 43.7 Å². The third-order valence-electron chi connectivity index (χ3n) is 4.00. The van der Waals surface area contributed by atoms with E-state index >= 15 is 0 Å². The van der Waals surface area contributed by atoms with Gasteiger partial charge in [-0.1, -0.05) is 40.2 Å². The molecule has 156 valence electrons. The van der Waals surface area contributed by atoms with Crippen molar-refractivity contribution in [1.29, 1.82) is 0 Å². The molecule has 0 saturated carbocycles. The van der Waals surface area contributed by atoms with Gasteiger partial charge in [0, 0.05) is 37.2 Å². The van der Waals surface area contributed by atoms with E-state index in [9.17, 15) is 9.59 Å². The summed E-state index contributed by atoms with van der Waals surface area (Å²) in [5.74, 6) is -0.137. The van der Waals surface area contributed by atoms with E-state index in [4.69, 9.17) is 5.73 Å². The maximum absolute atomic E-state index is 11.9. The molecule has 2 aromatic carbocycles. The number of rotatable bonds is 7. The summed E-state index contributed by atoms with van der Waals surface area (Å²) < 4.78 is 1.05. The molecule has 0 aromatic heterocycles. The van der Waals surface area contributed by atoms with Gasteiger partial charge in [-0.05, 0) is 35.4 Å². The fraction of sp³-hybridized carbons (Fsp3) is 0.250. The van der Waals surface area contributed by atoms with Crippen molar-refractivity contribution in [1.82, 2.24) is 15.5 Å². The van der Waals surface area contributed by atoms with Gasteiger partial charge in [-0.15, -0.1) is 24.0 Å². The zero-order valence-corrected chi connectivity index (χ0v) is 20.2. The smallest absolute Gasteiger partial charge is 0.251 e. The molecule has 2 amide bonds. The lowest BCUT2D eigenvalue weighted by atomic mass is 10.1. The Kier molecular flexibility index (Phi) is 10.7. The average Bonchev–Trinajstić information content (AvgIpc) is 2.68. The van der Waals surface area contributed by atoms with E-state index < -0.39 is 5.91 Å². The fourth-order valence-electron chi connectivity index (χ4n) is 2.55. The van der Waals surface area contributed by atoms with Gasteiger partial charge in [0.25, 0.3) is 5.91 Å². The summed E-state index contributed by atoms with van der Waals surface area (Å²) in [6.07, 6.45) is 0. The Hall–Kier alpha value is -2.14. The Morgan fingerprint density at radius 3 is 2.17 bits per heavy atom. The number of carbonyl (C=O) groups is 2. The molecule has 29 heavy (non-hydrogen) atoms. The van der Waals surface area contributed by atoms with Crippen LogP contribution in [0.15, 0.2) is 58.0 Å². The summed E-state index contributed by atoms with van der Waals surface area (Å²) in [5, 5.41) is 5.77. The second kappa shape index (κ2) is 12.4. The first-order valence-corrected chi connectivity index (χ1v) is 9.50. The summed E-state index contributed by atoms with van der Waals surface area (Å²) in [7, 11) is 3.72. The van der Waals surface area contributed by atoms with Gasteiger partial charge >= 0.3 is 0 Å². The van der Waals surface area contributed by atoms with Gasteiger partial charge in [-0.3, -0.25) is 14.6 Å². The van der Waals surface area contributed by atoms with E-state index in [1.807, 2.05) is 36.2 Å². The maximum Gasteiger partial charge on any atom is 0.251 e. The highest BCUT2D eigenvalue weighted by atomic mass is 127. The molecule has 0 spiro atoms. The zero-order valence-electron chi connectivity index (χ0n) is 16.3. The van der Waals surface area contributed by atoms with Crippen LogP contribution in [0, 0.1) is 0 Å². The number of amides is 2. The standard InChI is InChI=1S/C20H24BrN5O2.HI/c1-23-20(26(2)13-15-5-9-17(21)10-6-15)25-11-14-3-7-16(8-4-14)19(28)24-12-18(22)27;/h3-10H,11-13H2,1-2H3,(H2,22,27)(H,23,25)(H,24,28);1H. The van der Waals surface area contributed by atoms with E-state index in [0.29, 0.717) is 12.1 Å². The molecule has 7 nitrogen and oxygen atoms in total. The quantitative estimate of drug-likeness (QED) is 0.269. The molecule has 2 aromatic rings. The molecule has 0 bridgehead atoms. The van der Waals surface area contributed by atoms with Crippen LogP contribution in [0.3, 0.4) is 0 Å². The normalized spacial score (nSPS) is 10.7. The lowest BCUT2D eigenvalue weighted by molar-refractivity contribution is -0.117. The molecule has 0 fully saturated rings. The minimum absolute atomic E-state index is 0. The van der Waals surface area contributed by atoms with Crippen LogP contribution in [0.25, 0.3) is 0 Å². The average molecular weight is 574 g/mol. The van der Waals surface area contributed by atoms with Crippen LogP contribution in [0.5, 0.6) is 0 Å². The molecular weight excluding hydrogens is 549 g/mol. The molecule has 0 atom stereocenters. The largest absolute Gasteiger partial charge is 0.368 e. The van der Waals surface area contributed by atoms with Crippen molar-refractivity contribution in [3.8, 4) is 0 Å². The number of nitrogens with two attached hydrogens (primary N) is 1. The zero-order chi connectivity index (χ0) is 20.5. The van der Waals surface area contributed by atoms with Crippen molar-refractivity contribution >= 4 is 57.7 Å². The van der Waals surface area contributed by atoms with Crippen LogP contribution in [0.4, 0.5) is 0 Å². The highest BCUT2D eigenvalue weighted by Gasteiger charge is 2.08. The summed E-state index contributed by atoms with van der Waals surface area (Å²) in [4.78, 5) is 29.0. The van der Waals surface area contributed by atoms with Gasteiger partial charge in [0.15, 0.2) is 5.96 Å². The Bertz CT molecular complexity index is 841. The number of hydrogen-bond donors (Lipinski definition) is 3. The lowest BCUT2D eigenvalue weighted by Gasteiger charge is -2.22. The number of nitrogens with one attached hydrogen (secondary N) is 2. The first kappa shape index (κ1) is 24.9. The Labute approximate surface area is 196 Å². The topological polar surface area (TPSA) is 99.8 Å². The minimum Gasteiger partial charge on any atom is -0.368 e. The number of primary amides is 1. The molecule has 9 heteroatoms. The number of aliphatic imine (C=N–C) groups is 1. The molecular formula is C20H25BrIN5O2. The Morgan fingerprint density at radius 1 is 1.03 bits per heavy atom. The van der Waals surface area contributed by atoms with Gasteiger partial charge in [0.2, 0.25) is 5.91 Å². The third-order valence-corrected chi connectivity index (χ3v) is 4.52. The van der Waals surface area contributed by atoms with E-state index in [1.54, 1.807) is 19.2 Å². The van der Waals surface area contributed by atoms with Crippen molar-refractivity contribution in [3.63, 3.8) is 0 Å². The second-order valence-corrected chi connectivity index (χ2v) is 7.14. The summed E-state index contributed by atoms with van der Waals surface area (Å²) in [6.45, 7) is 1.12. The van der Waals surface area contributed by atoms with Gasteiger partial charge in [-0.25, -0.2) is 0 Å². The fourth-order valence-corrected chi connectivity index (χ4v) is 2.81. The SMILES string of the molecule is CN=C(NCc1ccc(C(=O)NCC(N)=O)cc1)N(C)Cc1ccc(Br)cc1.I. The first-order chi connectivity index (χ1) is 13.4. The first-order valence-electron chi connectivity index (χ1n) is 8.70. The lowest BCUT2D eigenvalue weighted by Crippen LogP contribution is -2.38. The molecule has 0 aliphatic carbocycles. The second-order valence-electron chi connectivity index (χ2n) is 6.23. The van der Waals surface area contributed by atoms with Crippen LogP contribution < -0.4 is 16.4 Å². The van der Waals surface area contributed by atoms with Crippen molar-refractivity contribution in [2.24, 2.45) is 10.7 Å². The van der Waals surface area contributed by atoms with Crippen molar-refractivity contribution < 1.29 is 9.59 Å². The monoisotopic (exact) mass is 573 g/mol. The van der Waals surface area contributed by atoms with Gasteiger partial charge in [-0.2, -0.15) is 0 Å². The summed E-state index contributed by atoms with van der Waals surface area (Å²) in [5.41, 5.74) is 7.68. The molecule has 0 saturated heterocycles. The highest BCUT2D eigenvalue weighted by molar-refractivity contribution is 14.0. The maximum atomic E-state index is 11.9. The number of guanidine groups is 1. The summed E-state index contributed by atoms with van der Waals surface area (Å²) in [6, 6.07) is 15.3. The van der Waals surface area contributed by atoms with E-state index in [1.165, 1.54) is 5.56 Å². The van der Waals surface area contributed by atoms with Crippen LogP contribution in [-0.4, -0.2) is 43.3 Å². The highest BCUT2D eigenvalue weighted by Crippen LogP contribution is 2.12. The molecule has 4 N–H and O–H groups in total. The summed E-state index contributed by atoms with van der Waals surface area (Å²) >= 11 is 3.44. The molecule has 0 aliphatic heterocycles. The number of carbonyl (C=O) groups excluding carboxylic acids is 2. The molecule has 0 aliphatic rings. The van der Waals surface area contributed by atoms with Crippen molar-refractivity contribution in [3.05, 3.63) is 69.7 Å². The van der Waals surface area contributed by atoms with Gasteiger partial charge in [0.05, 0.1) is 6.54 Å². The number of benzene rings is 2. The number of hydrogen-bond acceptors (Lipinski definition) is 3. The van der Waals surface area contributed by atoms with Crippen LogP contribution in [-0.2, 0) is 17.9 Å². The third kappa shape index (κ3) is 8.40. The van der Waals surface area contributed by atoms with Crippen molar-refractivity contribution in [2.75, 3.05) is 20.6 Å². The van der Waals surface area contributed by atoms with E-state index in [0.717, 1.165) is 22.5 Å². The molecule has 0 heterocycles. The predicted octanol–water partition coefficient (Wildman–Crippen LogP) is 2.49. The molecule has 0 unspecified atom stereocenters. The van der Waals surface area contributed by atoms with Crippen LogP contribution >= 0.6 is 39.9 Å². The predicted molar refractivity (Wildman–Crippen MR) is 129 cm³/mol. The Balaban J connectivity index is 0.00000420. The minimum atomic E-state index is -0.576. The van der Waals surface area contributed by atoms with Crippen LogP contribution in [0.2, 0.25) is 0 Å². The van der Waals surface area contributed by atoms with Gasteiger partial charge < -0.3 is 21.3 Å². The van der Waals surface area contributed by atoms with E-state index in [-0.39, 0.29) is 36.4 Å². The molecule has 0 radical (unpaired) electrons. The number of nitrogens with zero attached hydrogens (tertiary/aromatic N) is 2. The number of halogens is 2. The van der Waals surface area contributed by atoms with Crippen molar-refractivity contribution in [2.45, 2.75) is 13.1 Å². The Morgan fingerprint density at radius 2 is 1.62 bits per heavy atom.